The molecule has 0 saturated carbocycles. The number of ether oxygens (including phenoxy) is 3. The third kappa shape index (κ3) is 5.24. The lowest BCUT2D eigenvalue weighted by Gasteiger charge is -2.13. The lowest BCUT2D eigenvalue weighted by atomic mass is 10.1. The molecule has 0 bridgehead atoms. The number of hydrogen-bond donors (Lipinski definition) is 1. The molecule has 0 unspecified atom stereocenters. The molecule has 0 aromatic heterocycles. The Kier molecular flexibility index (Phi) is 7.42. The average Bonchev–Trinajstić information content (AvgIpc) is 2.68. The van der Waals surface area contributed by atoms with Crippen molar-refractivity contribution in [2.45, 2.75) is 32.2 Å². The van der Waals surface area contributed by atoms with Gasteiger partial charge in [-0.3, -0.25) is 0 Å². The number of nitrogens with one attached hydrogen (secondary N) is 1. The second-order valence-electron chi connectivity index (χ2n) is 5.94. The lowest BCUT2D eigenvalue weighted by molar-refractivity contribution is 0.0599. The molecule has 0 radical (unpaired) electrons. The molecule has 0 aliphatic carbocycles. The van der Waals surface area contributed by atoms with E-state index in [1.807, 2.05) is 13.8 Å². The summed E-state index contributed by atoms with van der Waals surface area (Å²) < 4.78 is 43.6. The van der Waals surface area contributed by atoms with E-state index in [2.05, 4.69) is 4.72 Å². The fourth-order valence-corrected chi connectivity index (χ4v) is 3.61. The summed E-state index contributed by atoms with van der Waals surface area (Å²) >= 11 is 0. The molecule has 1 N–H and O–H groups in total. The second-order valence-corrected chi connectivity index (χ2v) is 7.71. The minimum absolute atomic E-state index is 0.00512. The Morgan fingerprint density at radius 3 is 2.32 bits per heavy atom. The standard InChI is InChI=1S/C20H25NO6S/c1-5-26-18-10-8-15(11-19(18)27-6-2)13-21-28(23,24)16-9-7-14(3)17(12-16)20(22)25-4/h7-12,21H,5-6,13H2,1-4H3. The highest BCUT2D eigenvalue weighted by Crippen LogP contribution is 2.28. The number of rotatable bonds is 9. The maximum Gasteiger partial charge on any atom is 0.338 e. The lowest BCUT2D eigenvalue weighted by Crippen LogP contribution is -2.23. The van der Waals surface area contributed by atoms with Crippen molar-refractivity contribution >= 4 is 16.0 Å². The zero-order valence-corrected chi connectivity index (χ0v) is 17.3. The smallest absolute Gasteiger partial charge is 0.338 e. The first-order valence-electron chi connectivity index (χ1n) is 8.89. The summed E-state index contributed by atoms with van der Waals surface area (Å²) in [5.41, 5.74) is 1.57. The summed E-state index contributed by atoms with van der Waals surface area (Å²) in [7, 11) is -2.56. The van der Waals surface area contributed by atoms with Crippen LogP contribution < -0.4 is 14.2 Å². The summed E-state index contributed by atoms with van der Waals surface area (Å²) in [6.45, 7) is 6.49. The number of aryl methyl sites for hydroxylation is 1. The van der Waals surface area contributed by atoms with Gasteiger partial charge in [0.15, 0.2) is 11.5 Å². The van der Waals surface area contributed by atoms with Crippen LogP contribution in [0.1, 0.15) is 35.3 Å². The van der Waals surface area contributed by atoms with Gasteiger partial charge in [0, 0.05) is 6.54 Å². The Morgan fingerprint density at radius 2 is 1.68 bits per heavy atom. The molecule has 0 aliphatic heterocycles. The highest BCUT2D eigenvalue weighted by molar-refractivity contribution is 7.89. The van der Waals surface area contributed by atoms with Crippen molar-refractivity contribution in [3.63, 3.8) is 0 Å². The predicted molar refractivity (Wildman–Crippen MR) is 105 cm³/mol. The van der Waals surface area contributed by atoms with E-state index in [-0.39, 0.29) is 17.0 Å². The fraction of sp³-hybridized carbons (Fsp3) is 0.350. The van der Waals surface area contributed by atoms with E-state index >= 15 is 0 Å². The van der Waals surface area contributed by atoms with Gasteiger partial charge >= 0.3 is 5.97 Å². The van der Waals surface area contributed by atoms with Gasteiger partial charge in [-0.2, -0.15) is 0 Å². The van der Waals surface area contributed by atoms with E-state index in [4.69, 9.17) is 14.2 Å². The molecular formula is C20H25NO6S. The number of benzene rings is 2. The molecule has 0 aliphatic rings. The van der Waals surface area contributed by atoms with Gasteiger partial charge in [0.1, 0.15) is 0 Å². The summed E-state index contributed by atoms with van der Waals surface area (Å²) in [5.74, 6) is 0.587. The second kappa shape index (κ2) is 9.57. The van der Waals surface area contributed by atoms with Crippen LogP contribution in [-0.4, -0.2) is 34.7 Å². The van der Waals surface area contributed by atoms with Crippen LogP contribution in [0.4, 0.5) is 0 Å². The van der Waals surface area contributed by atoms with Crippen LogP contribution >= 0.6 is 0 Å². The Hall–Kier alpha value is -2.58. The van der Waals surface area contributed by atoms with Crippen LogP contribution in [0.3, 0.4) is 0 Å². The van der Waals surface area contributed by atoms with E-state index in [1.165, 1.54) is 19.2 Å². The van der Waals surface area contributed by atoms with Gasteiger partial charge in [0.2, 0.25) is 10.0 Å². The van der Waals surface area contributed by atoms with E-state index in [1.54, 1.807) is 31.2 Å². The van der Waals surface area contributed by atoms with Crippen molar-refractivity contribution in [3.05, 3.63) is 53.1 Å². The van der Waals surface area contributed by atoms with Gasteiger partial charge in [0.25, 0.3) is 0 Å². The van der Waals surface area contributed by atoms with Gasteiger partial charge < -0.3 is 14.2 Å². The molecular weight excluding hydrogens is 382 g/mol. The van der Waals surface area contributed by atoms with E-state index < -0.39 is 16.0 Å². The van der Waals surface area contributed by atoms with Crippen molar-refractivity contribution in [1.29, 1.82) is 0 Å². The molecule has 0 fully saturated rings. The van der Waals surface area contributed by atoms with Crippen molar-refractivity contribution in [2.75, 3.05) is 20.3 Å². The quantitative estimate of drug-likeness (QED) is 0.643. The molecule has 0 spiro atoms. The van der Waals surface area contributed by atoms with E-state index in [0.29, 0.717) is 30.3 Å². The molecule has 0 atom stereocenters. The highest BCUT2D eigenvalue weighted by Gasteiger charge is 2.18. The molecule has 2 rings (SSSR count). The van der Waals surface area contributed by atoms with Crippen LogP contribution in [0.25, 0.3) is 0 Å². The maximum absolute atomic E-state index is 12.6. The third-order valence-corrected chi connectivity index (χ3v) is 5.40. The minimum Gasteiger partial charge on any atom is -0.490 e. The summed E-state index contributed by atoms with van der Waals surface area (Å²) in [6, 6.07) is 9.60. The van der Waals surface area contributed by atoms with Gasteiger partial charge in [-0.1, -0.05) is 12.1 Å². The Balaban J connectivity index is 2.21. The van der Waals surface area contributed by atoms with Gasteiger partial charge in [-0.25, -0.2) is 17.9 Å². The van der Waals surface area contributed by atoms with Crippen LogP contribution in [-0.2, 0) is 21.3 Å². The number of esters is 1. The molecule has 2 aromatic rings. The average molecular weight is 407 g/mol. The first-order valence-corrected chi connectivity index (χ1v) is 10.4. The SMILES string of the molecule is CCOc1ccc(CNS(=O)(=O)c2ccc(C)c(C(=O)OC)c2)cc1OCC. The first-order chi connectivity index (χ1) is 13.3. The number of hydrogen-bond acceptors (Lipinski definition) is 6. The Bertz CT molecular complexity index is 940. The normalized spacial score (nSPS) is 11.1. The van der Waals surface area contributed by atoms with Gasteiger partial charge in [0.05, 0.1) is 30.8 Å². The Labute approximate surface area is 165 Å². The van der Waals surface area contributed by atoms with Crippen LogP contribution in [0.2, 0.25) is 0 Å². The molecule has 0 saturated heterocycles. The minimum atomic E-state index is -3.81. The summed E-state index contributed by atoms with van der Waals surface area (Å²) in [5, 5.41) is 0. The van der Waals surface area contributed by atoms with Crippen molar-refractivity contribution < 1.29 is 27.4 Å². The molecule has 28 heavy (non-hydrogen) atoms. The molecule has 0 heterocycles. The number of sulfonamides is 1. The summed E-state index contributed by atoms with van der Waals surface area (Å²) in [4.78, 5) is 11.8. The zero-order chi connectivity index (χ0) is 20.7. The van der Waals surface area contributed by atoms with E-state index in [9.17, 15) is 13.2 Å². The molecule has 7 nitrogen and oxygen atoms in total. The maximum atomic E-state index is 12.6. The van der Waals surface area contributed by atoms with Crippen LogP contribution in [0.5, 0.6) is 11.5 Å². The fourth-order valence-electron chi connectivity index (χ4n) is 2.57. The molecule has 152 valence electrons. The van der Waals surface area contributed by atoms with Gasteiger partial charge in [-0.15, -0.1) is 0 Å². The zero-order valence-electron chi connectivity index (χ0n) is 16.4. The topological polar surface area (TPSA) is 90.9 Å². The van der Waals surface area contributed by atoms with Crippen molar-refractivity contribution in [2.24, 2.45) is 0 Å². The van der Waals surface area contributed by atoms with Crippen molar-refractivity contribution in [3.8, 4) is 11.5 Å². The number of carbonyl (C=O) groups is 1. The predicted octanol–water partition coefficient (Wildman–Crippen LogP) is 3.06. The third-order valence-electron chi connectivity index (χ3n) is 4.00. The van der Waals surface area contributed by atoms with Crippen LogP contribution in [0, 0.1) is 6.92 Å². The summed E-state index contributed by atoms with van der Waals surface area (Å²) in [6.07, 6.45) is 0. The molecule has 8 heteroatoms. The monoisotopic (exact) mass is 407 g/mol. The Morgan fingerprint density at radius 1 is 1.00 bits per heavy atom. The number of carbonyl (C=O) groups excluding carboxylic acids is 1. The van der Waals surface area contributed by atoms with Gasteiger partial charge in [-0.05, 0) is 56.2 Å². The van der Waals surface area contributed by atoms with Crippen LogP contribution in [0.15, 0.2) is 41.3 Å². The molecule has 2 aromatic carbocycles. The van der Waals surface area contributed by atoms with Crippen molar-refractivity contribution in [1.82, 2.24) is 4.72 Å². The largest absolute Gasteiger partial charge is 0.490 e. The first kappa shape index (κ1) is 21.7. The van der Waals surface area contributed by atoms with E-state index in [0.717, 1.165) is 5.56 Å². The number of methoxy groups -OCH3 is 1. The highest BCUT2D eigenvalue weighted by atomic mass is 32.2. The molecule has 0 amide bonds.